The summed E-state index contributed by atoms with van der Waals surface area (Å²) in [6.45, 7) is 1.18. The first-order valence-corrected chi connectivity index (χ1v) is 5.34. The Balaban J connectivity index is 2.86. The number of aliphatic hydroxyl groups excluding tert-OH is 3. The highest BCUT2D eigenvalue weighted by molar-refractivity contribution is 4.97. The van der Waals surface area contributed by atoms with Crippen LogP contribution in [0.1, 0.15) is 20.3 Å². The highest BCUT2D eigenvalue weighted by Crippen LogP contribution is 2.38. The second kappa shape index (κ2) is 4.74. The van der Waals surface area contributed by atoms with Crippen molar-refractivity contribution in [1.29, 1.82) is 0 Å². The molecule has 0 spiro atoms. The minimum absolute atomic E-state index is 0.505. The third-order valence-electron chi connectivity index (χ3n) is 2.97. The standard InChI is InChI=1S/C10H18F2O5/c1-9(2,16)10(11,12)7-3-5(14)8(15)6(4-13)17-7/h5-8,13-16H,3-4H2,1-2H3/t5-,6-,7-,8-/m1/s1. The van der Waals surface area contributed by atoms with Gasteiger partial charge in [-0.25, -0.2) is 8.78 Å². The first-order valence-electron chi connectivity index (χ1n) is 5.34. The molecule has 1 saturated heterocycles. The monoisotopic (exact) mass is 256 g/mol. The maximum absolute atomic E-state index is 13.8. The van der Waals surface area contributed by atoms with E-state index in [1.807, 2.05) is 0 Å². The first-order chi connectivity index (χ1) is 7.61. The molecule has 0 aromatic heterocycles. The van der Waals surface area contributed by atoms with Crippen LogP contribution in [0.15, 0.2) is 0 Å². The Hall–Kier alpha value is -0.340. The number of aliphatic hydroxyl groups is 4. The van der Waals surface area contributed by atoms with Gasteiger partial charge in [-0.05, 0) is 13.8 Å². The minimum Gasteiger partial charge on any atom is -0.394 e. The predicted octanol–water partition coefficient (Wildman–Crippen LogP) is -0.736. The normalized spacial score (nSPS) is 36.0. The van der Waals surface area contributed by atoms with Crippen molar-refractivity contribution in [2.75, 3.05) is 6.61 Å². The zero-order chi connectivity index (χ0) is 13.4. The molecule has 0 amide bonds. The van der Waals surface area contributed by atoms with Gasteiger partial charge in [-0.2, -0.15) is 0 Å². The summed E-state index contributed by atoms with van der Waals surface area (Å²) >= 11 is 0. The lowest BCUT2D eigenvalue weighted by molar-refractivity contribution is -0.280. The lowest BCUT2D eigenvalue weighted by atomic mass is 9.88. The van der Waals surface area contributed by atoms with Gasteiger partial charge in [0.2, 0.25) is 0 Å². The van der Waals surface area contributed by atoms with Gasteiger partial charge in [0.1, 0.15) is 23.9 Å². The van der Waals surface area contributed by atoms with Crippen LogP contribution >= 0.6 is 0 Å². The van der Waals surface area contributed by atoms with Gasteiger partial charge in [-0.3, -0.25) is 0 Å². The Morgan fingerprint density at radius 3 is 2.24 bits per heavy atom. The maximum atomic E-state index is 13.8. The summed E-state index contributed by atoms with van der Waals surface area (Å²) < 4.78 is 32.4. The molecule has 0 bridgehead atoms. The van der Waals surface area contributed by atoms with Crippen molar-refractivity contribution >= 4 is 0 Å². The summed E-state index contributed by atoms with van der Waals surface area (Å²) in [5, 5.41) is 37.0. The molecule has 1 rings (SSSR count). The zero-order valence-electron chi connectivity index (χ0n) is 9.68. The third kappa shape index (κ3) is 2.74. The summed E-state index contributed by atoms with van der Waals surface area (Å²) in [5.74, 6) is -3.60. The van der Waals surface area contributed by atoms with E-state index in [1.165, 1.54) is 0 Å². The fourth-order valence-electron chi connectivity index (χ4n) is 1.73. The number of ether oxygens (including phenoxy) is 1. The van der Waals surface area contributed by atoms with Gasteiger partial charge in [0.05, 0.1) is 12.7 Å². The van der Waals surface area contributed by atoms with Crippen molar-refractivity contribution in [3.63, 3.8) is 0 Å². The van der Waals surface area contributed by atoms with Gasteiger partial charge >= 0.3 is 5.92 Å². The molecule has 102 valence electrons. The molecular weight excluding hydrogens is 238 g/mol. The molecule has 0 aromatic carbocycles. The van der Waals surface area contributed by atoms with Gasteiger partial charge in [-0.1, -0.05) is 0 Å². The van der Waals surface area contributed by atoms with E-state index >= 15 is 0 Å². The second-order valence-corrected chi connectivity index (χ2v) is 4.82. The minimum atomic E-state index is -3.60. The lowest BCUT2D eigenvalue weighted by Crippen LogP contribution is -2.60. The molecule has 0 saturated carbocycles. The lowest BCUT2D eigenvalue weighted by Gasteiger charge is -2.42. The average molecular weight is 256 g/mol. The van der Waals surface area contributed by atoms with Crippen LogP contribution in [-0.2, 0) is 4.74 Å². The molecular formula is C10H18F2O5. The summed E-state index contributed by atoms with van der Waals surface area (Å²) in [6, 6.07) is 0. The Labute approximate surface area is 97.6 Å². The van der Waals surface area contributed by atoms with Gasteiger partial charge < -0.3 is 25.2 Å². The van der Waals surface area contributed by atoms with E-state index in [0.717, 1.165) is 13.8 Å². The SMILES string of the molecule is CC(C)(O)C(F)(F)[C@H]1C[C@@H](O)[C@@H](O)[C@@H](CO)O1. The van der Waals surface area contributed by atoms with Crippen LogP contribution in [-0.4, -0.2) is 63.0 Å². The average Bonchev–Trinajstić information content (AvgIpc) is 2.20. The molecule has 0 aliphatic carbocycles. The van der Waals surface area contributed by atoms with Crippen molar-refractivity contribution in [3.05, 3.63) is 0 Å². The fourth-order valence-corrected chi connectivity index (χ4v) is 1.73. The van der Waals surface area contributed by atoms with E-state index in [9.17, 15) is 24.1 Å². The number of alkyl halides is 2. The molecule has 1 heterocycles. The second-order valence-electron chi connectivity index (χ2n) is 4.82. The zero-order valence-corrected chi connectivity index (χ0v) is 9.68. The summed E-state index contributed by atoms with van der Waals surface area (Å²) in [6.07, 6.45) is -6.36. The number of hydrogen-bond donors (Lipinski definition) is 4. The number of hydrogen-bond acceptors (Lipinski definition) is 5. The first kappa shape index (κ1) is 14.7. The third-order valence-corrected chi connectivity index (χ3v) is 2.97. The Kier molecular flexibility index (Phi) is 4.10. The smallest absolute Gasteiger partial charge is 0.301 e. The molecule has 0 unspecified atom stereocenters. The van der Waals surface area contributed by atoms with Crippen LogP contribution in [0.2, 0.25) is 0 Å². The van der Waals surface area contributed by atoms with Gasteiger partial charge in [-0.15, -0.1) is 0 Å². The molecule has 4 N–H and O–H groups in total. The van der Waals surface area contributed by atoms with E-state index < -0.39 is 49.0 Å². The molecule has 5 nitrogen and oxygen atoms in total. The van der Waals surface area contributed by atoms with Crippen LogP contribution in [0.5, 0.6) is 0 Å². The molecule has 17 heavy (non-hydrogen) atoms. The van der Waals surface area contributed by atoms with E-state index in [-0.39, 0.29) is 0 Å². The van der Waals surface area contributed by atoms with E-state index in [1.54, 1.807) is 0 Å². The van der Waals surface area contributed by atoms with Gasteiger partial charge in [0.15, 0.2) is 0 Å². The Bertz CT molecular complexity index is 266. The topological polar surface area (TPSA) is 90.2 Å². The molecule has 0 radical (unpaired) electrons. The summed E-state index contributed by atoms with van der Waals surface area (Å²) in [5.41, 5.74) is -2.32. The summed E-state index contributed by atoms with van der Waals surface area (Å²) in [7, 11) is 0. The Morgan fingerprint density at radius 1 is 1.29 bits per heavy atom. The highest BCUT2D eigenvalue weighted by atomic mass is 19.3. The quantitative estimate of drug-likeness (QED) is 0.534. The van der Waals surface area contributed by atoms with Crippen LogP contribution in [0.4, 0.5) is 8.78 Å². The largest absolute Gasteiger partial charge is 0.394 e. The molecule has 1 aliphatic heterocycles. The van der Waals surface area contributed by atoms with Crippen LogP contribution in [0, 0.1) is 0 Å². The van der Waals surface area contributed by atoms with E-state index in [4.69, 9.17) is 9.84 Å². The number of halogens is 2. The van der Waals surface area contributed by atoms with Crippen LogP contribution in [0.25, 0.3) is 0 Å². The van der Waals surface area contributed by atoms with Gasteiger partial charge in [0, 0.05) is 6.42 Å². The van der Waals surface area contributed by atoms with Crippen molar-refractivity contribution in [3.8, 4) is 0 Å². The molecule has 0 aromatic rings. The van der Waals surface area contributed by atoms with Crippen molar-refractivity contribution in [2.45, 2.75) is 56.2 Å². The number of rotatable bonds is 3. The predicted molar refractivity (Wildman–Crippen MR) is 53.6 cm³/mol. The molecule has 7 heteroatoms. The molecule has 1 fully saturated rings. The van der Waals surface area contributed by atoms with Crippen molar-refractivity contribution in [2.24, 2.45) is 0 Å². The molecule has 1 aliphatic rings. The highest BCUT2D eigenvalue weighted by Gasteiger charge is 2.56. The van der Waals surface area contributed by atoms with E-state index in [0.29, 0.717) is 0 Å². The maximum Gasteiger partial charge on any atom is 0.301 e. The summed E-state index contributed by atoms with van der Waals surface area (Å²) in [4.78, 5) is 0. The van der Waals surface area contributed by atoms with Crippen molar-refractivity contribution in [1.82, 2.24) is 0 Å². The molecule has 4 atom stereocenters. The Morgan fingerprint density at radius 2 is 1.82 bits per heavy atom. The van der Waals surface area contributed by atoms with Gasteiger partial charge in [0.25, 0.3) is 0 Å². The van der Waals surface area contributed by atoms with Crippen molar-refractivity contribution < 1.29 is 33.9 Å². The van der Waals surface area contributed by atoms with E-state index in [2.05, 4.69) is 0 Å². The fraction of sp³-hybridized carbons (Fsp3) is 1.00. The van der Waals surface area contributed by atoms with Crippen LogP contribution < -0.4 is 0 Å². The van der Waals surface area contributed by atoms with Crippen LogP contribution in [0.3, 0.4) is 0 Å².